The fourth-order valence-corrected chi connectivity index (χ4v) is 3.83. The Labute approximate surface area is 176 Å². The molecule has 0 aliphatic carbocycles. The van der Waals surface area contributed by atoms with Crippen LogP contribution in [0.15, 0.2) is 48.5 Å². The van der Waals surface area contributed by atoms with E-state index in [4.69, 9.17) is 5.11 Å². The summed E-state index contributed by atoms with van der Waals surface area (Å²) in [5, 5.41) is 24.2. The number of fused-ring (bicyclic) bond motifs is 3. The lowest BCUT2D eigenvalue weighted by molar-refractivity contribution is -0.143. The summed E-state index contributed by atoms with van der Waals surface area (Å²) in [6.45, 7) is 0.906. The minimum atomic E-state index is -0.790. The number of tetrazole rings is 1. The van der Waals surface area contributed by atoms with Crippen LogP contribution in [-0.4, -0.2) is 60.0 Å². The lowest BCUT2D eigenvalue weighted by Gasteiger charge is -2.30. The van der Waals surface area contributed by atoms with Gasteiger partial charge in [-0.2, -0.15) is 4.52 Å². The zero-order chi connectivity index (χ0) is 21.4. The van der Waals surface area contributed by atoms with Gasteiger partial charge in [-0.25, -0.2) is 4.98 Å². The Bertz CT molecular complexity index is 1280. The highest BCUT2D eigenvalue weighted by Gasteiger charge is 2.27. The number of hydrogen-bond donors (Lipinski definition) is 2. The van der Waals surface area contributed by atoms with Crippen molar-refractivity contribution in [3.05, 3.63) is 54.1 Å². The van der Waals surface area contributed by atoms with Crippen LogP contribution in [0.25, 0.3) is 16.7 Å². The van der Waals surface area contributed by atoms with E-state index in [1.54, 1.807) is 33.7 Å². The van der Waals surface area contributed by atoms with Gasteiger partial charge in [0.05, 0.1) is 17.0 Å². The average molecular weight is 417 g/mol. The number of carbonyl (C=O) groups excluding carboxylic acids is 1. The Hall–Kier alpha value is -4.08. The van der Waals surface area contributed by atoms with Crippen LogP contribution in [0.1, 0.15) is 23.2 Å². The summed E-state index contributed by atoms with van der Waals surface area (Å²) in [5.41, 5.74) is 3.36. The summed E-state index contributed by atoms with van der Waals surface area (Å²) in [5.74, 6) is -0.739. The number of carboxylic acids is 1. The summed E-state index contributed by atoms with van der Waals surface area (Å²) < 4.78 is 1.63. The van der Waals surface area contributed by atoms with Gasteiger partial charge in [0.25, 0.3) is 5.91 Å². The first-order valence-electron chi connectivity index (χ1n) is 9.96. The number of benzene rings is 2. The summed E-state index contributed by atoms with van der Waals surface area (Å²) in [7, 11) is 0. The van der Waals surface area contributed by atoms with Crippen molar-refractivity contribution in [2.24, 2.45) is 5.92 Å². The molecule has 0 atom stereocenters. The minimum absolute atomic E-state index is 0.0942. The number of para-hydroxylation sites is 2. The number of likely N-dealkylation sites (tertiary alicyclic amines) is 1. The van der Waals surface area contributed by atoms with Gasteiger partial charge >= 0.3 is 5.97 Å². The van der Waals surface area contributed by atoms with Crippen molar-refractivity contribution >= 4 is 40.1 Å². The van der Waals surface area contributed by atoms with Crippen LogP contribution in [0.5, 0.6) is 0 Å². The number of hydrogen-bond acceptors (Lipinski definition) is 7. The molecule has 3 heterocycles. The molecule has 31 heavy (non-hydrogen) atoms. The second-order valence-corrected chi connectivity index (χ2v) is 7.47. The molecule has 0 saturated carbocycles. The van der Waals surface area contributed by atoms with Gasteiger partial charge in [0, 0.05) is 24.3 Å². The van der Waals surface area contributed by atoms with Crippen molar-refractivity contribution < 1.29 is 14.7 Å². The molecule has 4 aromatic rings. The predicted molar refractivity (Wildman–Crippen MR) is 112 cm³/mol. The topological polar surface area (TPSA) is 126 Å². The zero-order valence-corrected chi connectivity index (χ0v) is 16.5. The summed E-state index contributed by atoms with van der Waals surface area (Å²) in [4.78, 5) is 30.2. The third-order valence-electron chi connectivity index (χ3n) is 5.55. The molecule has 0 bridgehead atoms. The van der Waals surface area contributed by atoms with Gasteiger partial charge in [-0.15, -0.1) is 5.10 Å². The number of aromatic nitrogens is 5. The van der Waals surface area contributed by atoms with E-state index in [0.717, 1.165) is 16.7 Å². The summed E-state index contributed by atoms with van der Waals surface area (Å²) in [6, 6.07) is 14.7. The van der Waals surface area contributed by atoms with Gasteiger partial charge in [-0.1, -0.05) is 12.1 Å². The molecule has 1 amide bonds. The van der Waals surface area contributed by atoms with E-state index in [9.17, 15) is 9.59 Å². The fourth-order valence-electron chi connectivity index (χ4n) is 3.83. The molecule has 0 radical (unpaired) electrons. The van der Waals surface area contributed by atoms with Crippen LogP contribution in [0.2, 0.25) is 0 Å². The van der Waals surface area contributed by atoms with Gasteiger partial charge in [-0.3, -0.25) is 9.59 Å². The normalized spacial score (nSPS) is 14.8. The largest absolute Gasteiger partial charge is 0.481 e. The highest BCUT2D eigenvalue weighted by atomic mass is 16.4. The van der Waals surface area contributed by atoms with E-state index < -0.39 is 5.97 Å². The van der Waals surface area contributed by atoms with E-state index in [0.29, 0.717) is 43.0 Å². The fraction of sp³-hybridized carbons (Fsp3) is 0.238. The molecule has 156 valence electrons. The van der Waals surface area contributed by atoms with Crippen LogP contribution in [0, 0.1) is 5.92 Å². The molecule has 2 aromatic carbocycles. The molecule has 5 rings (SSSR count). The number of carbonyl (C=O) groups is 2. The van der Waals surface area contributed by atoms with Crippen molar-refractivity contribution in [2.75, 3.05) is 18.4 Å². The molecule has 10 heteroatoms. The first-order chi connectivity index (χ1) is 15.1. The van der Waals surface area contributed by atoms with Crippen LogP contribution >= 0.6 is 0 Å². The molecule has 2 N–H and O–H groups in total. The van der Waals surface area contributed by atoms with E-state index in [-0.39, 0.29) is 11.8 Å². The van der Waals surface area contributed by atoms with Crippen molar-refractivity contribution in [2.45, 2.75) is 12.8 Å². The van der Waals surface area contributed by atoms with Gasteiger partial charge in [-0.05, 0) is 59.7 Å². The average Bonchev–Trinajstić information content (AvgIpc) is 3.30. The Balaban J connectivity index is 1.34. The maximum atomic E-state index is 12.7. The molecule has 1 saturated heterocycles. The van der Waals surface area contributed by atoms with Crippen LogP contribution in [0.3, 0.4) is 0 Å². The van der Waals surface area contributed by atoms with Gasteiger partial charge in [0.15, 0.2) is 5.82 Å². The summed E-state index contributed by atoms with van der Waals surface area (Å²) >= 11 is 0. The maximum absolute atomic E-state index is 12.7. The third kappa shape index (κ3) is 3.52. The SMILES string of the molecule is O=C(O)C1CCN(C(=O)c2ccc(Nc3nc4ccccc4n4nnnc34)cc2)CC1. The van der Waals surface area contributed by atoms with E-state index in [2.05, 4.69) is 25.8 Å². The van der Waals surface area contributed by atoms with Crippen molar-refractivity contribution in [1.82, 2.24) is 29.9 Å². The predicted octanol–water partition coefficient (Wildman–Crippen LogP) is 2.35. The number of nitrogens with one attached hydrogen (secondary N) is 1. The number of rotatable bonds is 4. The maximum Gasteiger partial charge on any atom is 0.306 e. The zero-order valence-electron chi connectivity index (χ0n) is 16.5. The van der Waals surface area contributed by atoms with Crippen molar-refractivity contribution in [3.8, 4) is 0 Å². The highest BCUT2D eigenvalue weighted by molar-refractivity contribution is 5.95. The number of aliphatic carboxylic acids is 1. The first-order valence-corrected chi connectivity index (χ1v) is 9.96. The number of nitrogens with zero attached hydrogens (tertiary/aromatic N) is 6. The van der Waals surface area contributed by atoms with E-state index in [1.807, 2.05) is 24.3 Å². The van der Waals surface area contributed by atoms with E-state index >= 15 is 0 Å². The van der Waals surface area contributed by atoms with E-state index in [1.165, 1.54) is 0 Å². The third-order valence-corrected chi connectivity index (χ3v) is 5.55. The second kappa shape index (κ2) is 7.63. The molecule has 1 aliphatic heterocycles. The minimum Gasteiger partial charge on any atom is -0.481 e. The molecule has 1 aliphatic rings. The molecule has 2 aromatic heterocycles. The first kappa shape index (κ1) is 18.9. The molecular weight excluding hydrogens is 398 g/mol. The Morgan fingerprint density at radius 2 is 1.77 bits per heavy atom. The van der Waals surface area contributed by atoms with Gasteiger partial charge in [0.2, 0.25) is 5.65 Å². The van der Waals surface area contributed by atoms with Crippen LogP contribution < -0.4 is 5.32 Å². The monoisotopic (exact) mass is 417 g/mol. The molecule has 0 spiro atoms. The molecule has 10 nitrogen and oxygen atoms in total. The Morgan fingerprint density at radius 1 is 1.03 bits per heavy atom. The number of anilines is 2. The van der Waals surface area contributed by atoms with Crippen molar-refractivity contribution in [1.29, 1.82) is 0 Å². The molecule has 0 unspecified atom stereocenters. The molecular formula is C21H19N7O3. The van der Waals surface area contributed by atoms with Crippen molar-refractivity contribution in [3.63, 3.8) is 0 Å². The van der Waals surface area contributed by atoms with Crippen LogP contribution in [0.4, 0.5) is 11.5 Å². The van der Waals surface area contributed by atoms with Gasteiger partial charge in [0.1, 0.15) is 0 Å². The number of piperidine rings is 1. The number of carboxylic acid groups (broad SMARTS) is 1. The lowest BCUT2D eigenvalue weighted by Crippen LogP contribution is -2.40. The smallest absolute Gasteiger partial charge is 0.306 e. The standard InChI is InChI=1S/C21H19N7O3/c29-20(27-11-9-14(10-12-27)21(30)31)13-5-7-15(8-6-13)22-18-19-24-25-26-28(19)17-4-2-1-3-16(17)23-18/h1-8,14H,9-12H2,(H,22,23)(H,30,31). The quantitative estimate of drug-likeness (QED) is 0.518. The Morgan fingerprint density at radius 3 is 2.52 bits per heavy atom. The lowest BCUT2D eigenvalue weighted by atomic mass is 9.96. The van der Waals surface area contributed by atoms with Gasteiger partial charge < -0.3 is 15.3 Å². The number of amides is 1. The highest BCUT2D eigenvalue weighted by Crippen LogP contribution is 2.24. The van der Waals surface area contributed by atoms with Crippen LogP contribution in [-0.2, 0) is 4.79 Å². The molecule has 1 fully saturated rings. The summed E-state index contributed by atoms with van der Waals surface area (Å²) in [6.07, 6.45) is 0.966. The second-order valence-electron chi connectivity index (χ2n) is 7.47. The Kier molecular flexibility index (Phi) is 4.66.